The molecule has 2 aromatic rings. The average Bonchev–Trinajstić information content (AvgIpc) is 2.86. The first-order valence-corrected chi connectivity index (χ1v) is 11.6. The van der Waals surface area contributed by atoms with Crippen molar-refractivity contribution in [3.8, 4) is 5.75 Å². The van der Waals surface area contributed by atoms with Crippen molar-refractivity contribution in [2.45, 2.75) is 33.0 Å². The van der Waals surface area contributed by atoms with Crippen LogP contribution in [0.5, 0.6) is 5.75 Å². The molecule has 2 aromatic carbocycles. The second kappa shape index (κ2) is 12.0. The predicted molar refractivity (Wildman–Crippen MR) is 131 cm³/mol. The monoisotopic (exact) mass is 488 g/mol. The van der Waals surface area contributed by atoms with Crippen molar-refractivity contribution < 1.29 is 22.7 Å². The second-order valence-corrected chi connectivity index (χ2v) is 8.36. The van der Waals surface area contributed by atoms with Crippen molar-refractivity contribution in [3.63, 3.8) is 0 Å². The molecule has 1 amide bonds. The molecule has 1 saturated heterocycles. The van der Waals surface area contributed by atoms with Gasteiger partial charge in [-0.15, -0.1) is 0 Å². The fourth-order valence-electron chi connectivity index (χ4n) is 3.79. The minimum Gasteiger partial charge on any atom is -0.496 e. The van der Waals surface area contributed by atoms with Crippen molar-refractivity contribution in [1.29, 1.82) is 0 Å². The van der Waals surface area contributed by atoms with E-state index >= 15 is 0 Å². The average molecular weight is 489 g/mol. The summed E-state index contributed by atoms with van der Waals surface area (Å²) in [5, 5.41) is 0. The quantitative estimate of drug-likeness (QED) is 0.414. The van der Waals surface area contributed by atoms with Gasteiger partial charge in [0.1, 0.15) is 11.5 Å². The van der Waals surface area contributed by atoms with Gasteiger partial charge in [0, 0.05) is 56.0 Å². The van der Waals surface area contributed by atoms with Gasteiger partial charge in [-0.25, -0.2) is 4.99 Å². The highest BCUT2D eigenvalue weighted by molar-refractivity contribution is 6.09. The van der Waals surface area contributed by atoms with E-state index in [0.29, 0.717) is 50.3 Å². The zero-order chi connectivity index (χ0) is 25.4. The van der Waals surface area contributed by atoms with E-state index in [-0.39, 0.29) is 11.7 Å². The maximum absolute atomic E-state index is 13.2. The zero-order valence-electron chi connectivity index (χ0n) is 20.3. The van der Waals surface area contributed by atoms with Gasteiger partial charge in [-0.1, -0.05) is 37.3 Å². The van der Waals surface area contributed by atoms with E-state index in [9.17, 15) is 18.0 Å². The molecule has 35 heavy (non-hydrogen) atoms. The summed E-state index contributed by atoms with van der Waals surface area (Å²) in [5.74, 6) is 0.667. The Morgan fingerprint density at radius 3 is 2.37 bits per heavy atom. The maximum Gasteiger partial charge on any atom is 0.429 e. The second-order valence-electron chi connectivity index (χ2n) is 8.36. The fraction of sp³-hybridized carbons (Fsp3) is 0.423. The van der Waals surface area contributed by atoms with Crippen molar-refractivity contribution in [3.05, 3.63) is 65.2 Å². The van der Waals surface area contributed by atoms with Crippen LogP contribution in [-0.4, -0.2) is 73.3 Å². The number of rotatable bonds is 7. The van der Waals surface area contributed by atoms with Crippen LogP contribution in [0.15, 0.2) is 58.5 Å². The largest absolute Gasteiger partial charge is 0.496 e. The van der Waals surface area contributed by atoms with E-state index in [1.54, 1.807) is 36.3 Å². The molecule has 1 fully saturated rings. The number of halogens is 3. The van der Waals surface area contributed by atoms with Crippen molar-refractivity contribution in [2.24, 2.45) is 9.98 Å². The molecule has 0 aliphatic carbocycles. The van der Waals surface area contributed by atoms with E-state index in [1.165, 1.54) is 0 Å². The Morgan fingerprint density at radius 2 is 1.71 bits per heavy atom. The number of amides is 1. The minimum atomic E-state index is -4.54. The summed E-state index contributed by atoms with van der Waals surface area (Å²) >= 11 is 0. The highest BCUT2D eigenvalue weighted by Crippen LogP contribution is 2.21. The summed E-state index contributed by atoms with van der Waals surface area (Å²) in [6, 6.07) is 14.4. The van der Waals surface area contributed by atoms with Crippen molar-refractivity contribution in [1.82, 2.24) is 9.80 Å². The molecule has 0 aromatic heterocycles. The van der Waals surface area contributed by atoms with Crippen LogP contribution in [0.4, 0.5) is 13.2 Å². The molecule has 0 spiro atoms. The number of carbonyl (C=O) groups is 1. The number of para-hydroxylation sites is 1. The van der Waals surface area contributed by atoms with Crippen LogP contribution in [0.1, 0.15) is 41.8 Å². The summed E-state index contributed by atoms with van der Waals surface area (Å²) in [6.45, 7) is 6.41. The third-order valence-corrected chi connectivity index (χ3v) is 5.78. The molecule has 1 aliphatic rings. The van der Waals surface area contributed by atoms with Crippen LogP contribution < -0.4 is 4.74 Å². The Balaban J connectivity index is 1.70. The van der Waals surface area contributed by atoms with E-state index in [2.05, 4.69) is 14.9 Å². The smallest absolute Gasteiger partial charge is 0.429 e. The molecule has 188 valence electrons. The molecule has 0 radical (unpaired) electrons. The summed E-state index contributed by atoms with van der Waals surface area (Å²) in [7, 11) is 1.65. The van der Waals surface area contributed by atoms with Gasteiger partial charge in [-0.2, -0.15) is 13.2 Å². The Labute approximate surface area is 204 Å². The minimum absolute atomic E-state index is 0.0158. The van der Waals surface area contributed by atoms with Crippen LogP contribution >= 0.6 is 0 Å². The Kier molecular flexibility index (Phi) is 9.03. The van der Waals surface area contributed by atoms with Crippen LogP contribution in [0, 0.1) is 0 Å². The Bertz CT molecular complexity index is 1070. The fourth-order valence-corrected chi connectivity index (χ4v) is 3.79. The van der Waals surface area contributed by atoms with E-state index in [1.807, 2.05) is 31.2 Å². The number of alkyl halides is 3. The predicted octanol–water partition coefficient (Wildman–Crippen LogP) is 4.83. The third kappa shape index (κ3) is 7.14. The normalized spacial score (nSPS) is 15.9. The number of ether oxygens (including phenoxy) is 1. The van der Waals surface area contributed by atoms with Gasteiger partial charge in [0.25, 0.3) is 5.91 Å². The summed E-state index contributed by atoms with van der Waals surface area (Å²) in [6.07, 6.45) is -3.87. The first kappa shape index (κ1) is 26.4. The number of benzene rings is 2. The Morgan fingerprint density at radius 1 is 1.03 bits per heavy atom. The van der Waals surface area contributed by atoms with Crippen LogP contribution in [0.25, 0.3) is 0 Å². The molecule has 6 nitrogen and oxygen atoms in total. The van der Waals surface area contributed by atoms with Gasteiger partial charge in [0.2, 0.25) is 0 Å². The number of carbonyl (C=O) groups excluding carboxylic acids is 1. The van der Waals surface area contributed by atoms with Gasteiger partial charge in [-0.05, 0) is 31.5 Å². The van der Waals surface area contributed by atoms with E-state index < -0.39 is 11.9 Å². The summed E-state index contributed by atoms with van der Waals surface area (Å²) in [4.78, 5) is 25.2. The molecule has 1 heterocycles. The lowest BCUT2D eigenvalue weighted by Crippen LogP contribution is -2.48. The number of methoxy groups -OCH3 is 1. The highest BCUT2D eigenvalue weighted by atomic mass is 19.4. The highest BCUT2D eigenvalue weighted by Gasteiger charge is 2.32. The first-order chi connectivity index (χ1) is 16.7. The number of aliphatic imine (C=N–C) groups is 2. The molecule has 9 heteroatoms. The molecule has 0 bridgehead atoms. The summed E-state index contributed by atoms with van der Waals surface area (Å²) < 4.78 is 44.6. The number of hydrogen-bond acceptors (Lipinski definition) is 4. The lowest BCUT2D eigenvalue weighted by Gasteiger charge is -2.35. The van der Waals surface area contributed by atoms with Crippen molar-refractivity contribution in [2.75, 3.05) is 39.8 Å². The van der Waals surface area contributed by atoms with Gasteiger partial charge < -0.3 is 9.64 Å². The molecule has 0 saturated carbocycles. The number of hydrogen-bond donors (Lipinski definition) is 0. The topological polar surface area (TPSA) is 57.5 Å². The zero-order valence-corrected chi connectivity index (χ0v) is 20.3. The molecule has 0 N–H and O–H groups in total. The molecule has 1 aliphatic heterocycles. The number of nitrogens with zero attached hydrogens (tertiary/aromatic N) is 4. The lowest BCUT2D eigenvalue weighted by atomic mass is 10.1. The van der Waals surface area contributed by atoms with Gasteiger partial charge in [0.05, 0.1) is 7.11 Å². The Hall–Kier alpha value is -3.20. The van der Waals surface area contributed by atoms with Crippen molar-refractivity contribution >= 4 is 17.5 Å². The number of amidine groups is 1. The van der Waals surface area contributed by atoms with Crippen LogP contribution in [-0.2, 0) is 6.54 Å². The summed E-state index contributed by atoms with van der Waals surface area (Å²) in [5.41, 5.74) is 0.916. The number of piperazine rings is 1. The molecule has 0 unspecified atom stereocenters. The maximum atomic E-state index is 13.2. The van der Waals surface area contributed by atoms with E-state index in [0.717, 1.165) is 24.8 Å². The molecular formula is C26H31F3N4O2. The standard InChI is InChI=1S/C26H31F3N4O2/c1-4-12-30-24(31-19(2)26(27,28)29)20-9-7-10-21(17-20)25(34)33-15-13-32(14-16-33)18-22-8-5-6-11-23(22)35-3/h5-11,17H,4,12-16,18H2,1-3H3. The lowest BCUT2D eigenvalue weighted by molar-refractivity contribution is -0.0590. The van der Waals surface area contributed by atoms with Crippen LogP contribution in [0.3, 0.4) is 0 Å². The van der Waals surface area contributed by atoms with E-state index in [4.69, 9.17) is 4.74 Å². The van der Waals surface area contributed by atoms with Gasteiger partial charge in [-0.3, -0.25) is 14.7 Å². The van der Waals surface area contributed by atoms with Gasteiger partial charge >= 0.3 is 6.18 Å². The molecular weight excluding hydrogens is 457 g/mol. The van der Waals surface area contributed by atoms with Crippen LogP contribution in [0.2, 0.25) is 0 Å². The third-order valence-electron chi connectivity index (χ3n) is 5.78. The first-order valence-electron chi connectivity index (χ1n) is 11.6. The van der Waals surface area contributed by atoms with Gasteiger partial charge in [0.15, 0.2) is 5.84 Å². The SMILES string of the molecule is CCCN=C(N=C(C)C(F)(F)F)c1cccc(C(=O)N2CCN(Cc3ccccc3OC)CC2)c1. The molecule has 3 rings (SSSR count). The molecule has 0 atom stereocenters.